The molecule has 1 aliphatic carbocycles. The molecule has 5 nitrogen and oxygen atoms in total. The lowest BCUT2D eigenvalue weighted by Crippen LogP contribution is -2.19. The van der Waals surface area contributed by atoms with Crippen LogP contribution in [0.5, 0.6) is 0 Å². The number of nitrogens with zero attached hydrogens (tertiary/aromatic N) is 3. The zero-order chi connectivity index (χ0) is 20.2. The quantitative estimate of drug-likeness (QED) is 0.423. The van der Waals surface area contributed by atoms with Crippen LogP contribution in [0.4, 0.5) is 10.1 Å². The number of nitrogens with one attached hydrogen (secondary N) is 1. The summed E-state index contributed by atoms with van der Waals surface area (Å²) in [6, 6.07) is 15.3. The van der Waals surface area contributed by atoms with Gasteiger partial charge in [-0.05, 0) is 42.7 Å². The van der Waals surface area contributed by atoms with E-state index in [1.54, 1.807) is 12.1 Å². The SMILES string of the molecule is C=CCn1c(SC(C(=O)Nc2ccc(F)cc2)c2ccccc2)nnc1C1CC1. The third-order valence-corrected chi connectivity index (χ3v) is 5.91. The number of halogens is 1. The zero-order valence-corrected chi connectivity index (χ0v) is 16.6. The number of anilines is 1. The van der Waals surface area contributed by atoms with Crippen LogP contribution in [0.2, 0.25) is 0 Å². The Balaban J connectivity index is 1.62. The molecular formula is C22H21FN4OS. The molecule has 1 aliphatic rings. The van der Waals surface area contributed by atoms with E-state index in [4.69, 9.17) is 0 Å². The van der Waals surface area contributed by atoms with Gasteiger partial charge in [0.15, 0.2) is 5.16 Å². The second-order valence-corrected chi connectivity index (χ2v) is 7.99. The highest BCUT2D eigenvalue weighted by molar-refractivity contribution is 8.00. The highest BCUT2D eigenvalue weighted by Crippen LogP contribution is 2.42. The maximum Gasteiger partial charge on any atom is 0.242 e. The molecule has 0 bridgehead atoms. The van der Waals surface area contributed by atoms with Gasteiger partial charge in [-0.1, -0.05) is 48.2 Å². The van der Waals surface area contributed by atoms with Crippen LogP contribution in [-0.4, -0.2) is 20.7 Å². The third kappa shape index (κ3) is 4.56. The van der Waals surface area contributed by atoms with E-state index in [2.05, 4.69) is 22.1 Å². The van der Waals surface area contributed by atoms with E-state index in [0.29, 0.717) is 23.3 Å². The third-order valence-electron chi connectivity index (χ3n) is 4.68. The number of amides is 1. The van der Waals surface area contributed by atoms with Crippen molar-refractivity contribution >= 4 is 23.4 Å². The fourth-order valence-corrected chi connectivity index (χ4v) is 4.13. The largest absolute Gasteiger partial charge is 0.325 e. The second kappa shape index (κ2) is 8.61. The standard InChI is InChI=1S/C22H21FN4OS/c1-2-14-27-20(16-8-9-16)25-26-22(27)29-19(15-6-4-3-5-7-15)21(28)24-18-12-10-17(23)11-13-18/h2-7,10-13,16,19H,1,8-9,14H2,(H,24,28). The highest BCUT2D eigenvalue weighted by atomic mass is 32.2. The fourth-order valence-electron chi connectivity index (χ4n) is 3.08. The smallest absolute Gasteiger partial charge is 0.242 e. The van der Waals surface area contributed by atoms with Crippen molar-refractivity contribution in [1.82, 2.24) is 14.8 Å². The van der Waals surface area contributed by atoms with Crippen LogP contribution in [0.1, 0.15) is 35.4 Å². The Morgan fingerprint density at radius 2 is 1.93 bits per heavy atom. The Labute approximate surface area is 173 Å². The van der Waals surface area contributed by atoms with Gasteiger partial charge in [0.05, 0.1) is 0 Å². The number of thioether (sulfide) groups is 1. The van der Waals surface area contributed by atoms with Crippen molar-refractivity contribution in [3.05, 3.63) is 84.5 Å². The van der Waals surface area contributed by atoms with Gasteiger partial charge in [0.2, 0.25) is 5.91 Å². The van der Waals surface area contributed by atoms with E-state index in [-0.39, 0.29) is 11.7 Å². The number of allylic oxidation sites excluding steroid dienone is 1. The van der Waals surface area contributed by atoms with Gasteiger partial charge < -0.3 is 9.88 Å². The molecule has 1 fully saturated rings. The molecule has 29 heavy (non-hydrogen) atoms. The van der Waals surface area contributed by atoms with Gasteiger partial charge in [-0.3, -0.25) is 4.79 Å². The number of hydrogen-bond donors (Lipinski definition) is 1. The number of benzene rings is 2. The van der Waals surface area contributed by atoms with Crippen LogP contribution in [0.3, 0.4) is 0 Å². The van der Waals surface area contributed by atoms with Gasteiger partial charge in [0.25, 0.3) is 0 Å². The Hall–Kier alpha value is -2.93. The molecule has 4 rings (SSSR count). The van der Waals surface area contributed by atoms with Crippen molar-refractivity contribution < 1.29 is 9.18 Å². The lowest BCUT2D eigenvalue weighted by Gasteiger charge is -2.17. The predicted octanol–water partition coefficient (Wildman–Crippen LogP) is 4.95. The average molecular weight is 409 g/mol. The van der Waals surface area contributed by atoms with Crippen LogP contribution in [0, 0.1) is 5.82 Å². The summed E-state index contributed by atoms with van der Waals surface area (Å²) in [5.74, 6) is 0.856. The summed E-state index contributed by atoms with van der Waals surface area (Å²) in [6.07, 6.45) is 4.05. The van der Waals surface area contributed by atoms with E-state index in [1.807, 2.05) is 41.0 Å². The Bertz CT molecular complexity index is 999. The number of hydrogen-bond acceptors (Lipinski definition) is 4. The van der Waals surface area contributed by atoms with Gasteiger partial charge >= 0.3 is 0 Å². The summed E-state index contributed by atoms with van der Waals surface area (Å²) >= 11 is 1.36. The molecule has 0 spiro atoms. The Morgan fingerprint density at radius 3 is 2.59 bits per heavy atom. The average Bonchev–Trinajstić information content (AvgIpc) is 3.51. The molecule has 1 N–H and O–H groups in total. The van der Waals surface area contributed by atoms with Crippen LogP contribution < -0.4 is 5.32 Å². The van der Waals surface area contributed by atoms with Gasteiger partial charge in [-0.15, -0.1) is 16.8 Å². The zero-order valence-electron chi connectivity index (χ0n) is 15.8. The number of aromatic nitrogens is 3. The summed E-state index contributed by atoms with van der Waals surface area (Å²) in [6.45, 7) is 4.44. The molecule has 1 unspecified atom stereocenters. The first kappa shape index (κ1) is 19.4. The molecule has 2 aromatic carbocycles. The summed E-state index contributed by atoms with van der Waals surface area (Å²) in [7, 11) is 0. The minimum Gasteiger partial charge on any atom is -0.325 e. The summed E-state index contributed by atoms with van der Waals surface area (Å²) in [4.78, 5) is 13.1. The summed E-state index contributed by atoms with van der Waals surface area (Å²) in [5, 5.41) is 11.8. The van der Waals surface area contributed by atoms with Crippen molar-refractivity contribution in [2.45, 2.75) is 35.7 Å². The first-order chi connectivity index (χ1) is 14.2. The molecule has 1 atom stereocenters. The van der Waals surface area contributed by atoms with Crippen LogP contribution >= 0.6 is 11.8 Å². The Kier molecular flexibility index (Phi) is 5.76. The topological polar surface area (TPSA) is 59.8 Å². The van der Waals surface area contributed by atoms with E-state index in [1.165, 1.54) is 23.9 Å². The van der Waals surface area contributed by atoms with Gasteiger partial charge in [0, 0.05) is 18.2 Å². The molecule has 1 amide bonds. The number of carbonyl (C=O) groups excluding carboxylic acids is 1. The van der Waals surface area contributed by atoms with Crippen LogP contribution in [0.15, 0.2) is 72.4 Å². The van der Waals surface area contributed by atoms with Crippen molar-refractivity contribution in [3.63, 3.8) is 0 Å². The molecular weight excluding hydrogens is 387 g/mol. The van der Waals surface area contributed by atoms with Gasteiger partial charge in [-0.25, -0.2) is 4.39 Å². The lowest BCUT2D eigenvalue weighted by molar-refractivity contribution is -0.115. The molecule has 1 saturated carbocycles. The molecule has 3 aromatic rings. The molecule has 1 heterocycles. The van der Waals surface area contributed by atoms with Gasteiger partial charge in [0.1, 0.15) is 16.9 Å². The summed E-state index contributed by atoms with van der Waals surface area (Å²) < 4.78 is 15.2. The second-order valence-electron chi connectivity index (χ2n) is 6.92. The minimum absolute atomic E-state index is 0.200. The fraction of sp³-hybridized carbons (Fsp3) is 0.227. The van der Waals surface area contributed by atoms with Crippen molar-refractivity contribution in [2.75, 3.05) is 5.32 Å². The first-order valence-corrected chi connectivity index (χ1v) is 10.4. The van der Waals surface area contributed by atoms with Crippen LogP contribution in [0.25, 0.3) is 0 Å². The maximum atomic E-state index is 13.2. The van der Waals surface area contributed by atoms with Gasteiger partial charge in [-0.2, -0.15) is 0 Å². The Morgan fingerprint density at radius 1 is 1.21 bits per heavy atom. The highest BCUT2D eigenvalue weighted by Gasteiger charge is 2.32. The monoisotopic (exact) mass is 408 g/mol. The maximum absolute atomic E-state index is 13.2. The number of carbonyl (C=O) groups is 1. The molecule has 0 radical (unpaired) electrons. The van der Waals surface area contributed by atoms with E-state index >= 15 is 0 Å². The minimum atomic E-state index is -0.527. The first-order valence-electron chi connectivity index (χ1n) is 9.47. The number of rotatable bonds is 8. The van der Waals surface area contributed by atoms with E-state index < -0.39 is 5.25 Å². The molecule has 148 valence electrons. The lowest BCUT2D eigenvalue weighted by atomic mass is 10.1. The van der Waals surface area contributed by atoms with Crippen molar-refractivity contribution in [2.24, 2.45) is 0 Å². The molecule has 0 saturated heterocycles. The van der Waals surface area contributed by atoms with Crippen LogP contribution in [-0.2, 0) is 11.3 Å². The van der Waals surface area contributed by atoms with Crippen molar-refractivity contribution in [1.29, 1.82) is 0 Å². The molecule has 0 aliphatic heterocycles. The predicted molar refractivity (Wildman–Crippen MR) is 112 cm³/mol. The normalized spacial score (nSPS) is 14.4. The molecule has 7 heteroatoms. The van der Waals surface area contributed by atoms with E-state index in [0.717, 1.165) is 24.2 Å². The van der Waals surface area contributed by atoms with Crippen molar-refractivity contribution in [3.8, 4) is 0 Å². The molecule has 1 aromatic heterocycles. The van der Waals surface area contributed by atoms with E-state index in [9.17, 15) is 9.18 Å². The summed E-state index contributed by atoms with van der Waals surface area (Å²) in [5.41, 5.74) is 1.40.